The molecule has 3 fully saturated rings. The Bertz CT molecular complexity index is 495. The Balaban J connectivity index is 1.39. The first-order valence-corrected chi connectivity index (χ1v) is 11.0. The van der Waals surface area contributed by atoms with E-state index in [1.807, 2.05) is 0 Å². The van der Waals surface area contributed by atoms with E-state index in [9.17, 15) is 17.6 Å². The quantitative estimate of drug-likeness (QED) is 0.467. The van der Waals surface area contributed by atoms with Crippen LogP contribution in [0.2, 0.25) is 0 Å². The largest absolute Gasteiger partial charge is 0.412 e. The van der Waals surface area contributed by atoms with Gasteiger partial charge >= 0.3 is 6.18 Å². The van der Waals surface area contributed by atoms with E-state index in [1.165, 1.54) is 51.4 Å². The van der Waals surface area contributed by atoms with E-state index in [0.717, 1.165) is 30.6 Å². The molecule has 2 saturated carbocycles. The van der Waals surface area contributed by atoms with E-state index < -0.39 is 18.3 Å². The van der Waals surface area contributed by atoms with Gasteiger partial charge in [-0.25, -0.2) is 4.39 Å². The molecule has 1 aliphatic heterocycles. The SMILES string of the molecule is CCCC1CCC(C2CCC(C3COC(/C(F)=C/C(F)(F)F)OC3)CC2)CC1. The summed E-state index contributed by atoms with van der Waals surface area (Å²) in [5.74, 6) is 1.88. The average Bonchev–Trinajstić information content (AvgIpc) is 2.68. The molecule has 0 amide bonds. The number of ether oxygens (including phenoxy) is 2. The third-order valence-corrected chi connectivity index (χ3v) is 7.19. The molecular formula is C22H34F4O2. The van der Waals surface area contributed by atoms with E-state index in [-0.39, 0.29) is 25.2 Å². The lowest BCUT2D eigenvalue weighted by molar-refractivity contribution is -0.200. The summed E-state index contributed by atoms with van der Waals surface area (Å²) in [5, 5.41) is 0. The van der Waals surface area contributed by atoms with Gasteiger partial charge in [0.15, 0.2) is 5.83 Å². The monoisotopic (exact) mass is 406 g/mol. The van der Waals surface area contributed by atoms with Crippen molar-refractivity contribution in [2.45, 2.75) is 83.6 Å². The number of halogens is 4. The maximum absolute atomic E-state index is 13.6. The molecule has 0 aromatic rings. The van der Waals surface area contributed by atoms with Crippen molar-refractivity contribution in [1.82, 2.24) is 0 Å². The van der Waals surface area contributed by atoms with Gasteiger partial charge in [-0.3, -0.25) is 0 Å². The first-order valence-electron chi connectivity index (χ1n) is 11.0. The molecule has 0 atom stereocenters. The molecular weight excluding hydrogens is 372 g/mol. The summed E-state index contributed by atoms with van der Waals surface area (Å²) in [6.07, 6.45) is 6.35. The lowest BCUT2D eigenvalue weighted by atomic mass is 9.67. The molecule has 1 heterocycles. The van der Waals surface area contributed by atoms with E-state index in [2.05, 4.69) is 6.92 Å². The van der Waals surface area contributed by atoms with Crippen LogP contribution < -0.4 is 0 Å². The molecule has 2 aliphatic carbocycles. The molecule has 0 aromatic heterocycles. The highest BCUT2D eigenvalue weighted by atomic mass is 19.4. The summed E-state index contributed by atoms with van der Waals surface area (Å²) in [6.45, 7) is 2.83. The topological polar surface area (TPSA) is 18.5 Å². The summed E-state index contributed by atoms with van der Waals surface area (Å²) in [6, 6.07) is 0. The fourth-order valence-corrected chi connectivity index (χ4v) is 5.62. The van der Waals surface area contributed by atoms with Gasteiger partial charge in [0.2, 0.25) is 6.29 Å². The Kier molecular flexibility index (Phi) is 7.82. The van der Waals surface area contributed by atoms with E-state index in [1.54, 1.807) is 0 Å². The summed E-state index contributed by atoms with van der Waals surface area (Å²) >= 11 is 0. The van der Waals surface area contributed by atoms with Crippen LogP contribution in [0.1, 0.15) is 71.1 Å². The highest BCUT2D eigenvalue weighted by Crippen LogP contribution is 2.44. The molecule has 0 aromatic carbocycles. The third kappa shape index (κ3) is 6.19. The van der Waals surface area contributed by atoms with Gasteiger partial charge in [-0.1, -0.05) is 32.6 Å². The number of hydrogen-bond donors (Lipinski definition) is 0. The van der Waals surface area contributed by atoms with Gasteiger partial charge in [-0.2, -0.15) is 13.2 Å². The van der Waals surface area contributed by atoms with Gasteiger partial charge in [0.1, 0.15) is 0 Å². The summed E-state index contributed by atoms with van der Waals surface area (Å²) < 4.78 is 60.9. The Hall–Kier alpha value is -0.620. The maximum atomic E-state index is 13.6. The highest BCUT2D eigenvalue weighted by molar-refractivity contribution is 5.01. The second kappa shape index (κ2) is 9.92. The van der Waals surface area contributed by atoms with Gasteiger partial charge in [0.25, 0.3) is 0 Å². The highest BCUT2D eigenvalue weighted by Gasteiger charge is 2.37. The van der Waals surface area contributed by atoms with E-state index in [0.29, 0.717) is 5.92 Å². The van der Waals surface area contributed by atoms with Crippen LogP contribution >= 0.6 is 0 Å². The minimum Gasteiger partial charge on any atom is -0.346 e. The van der Waals surface area contributed by atoms with Crippen LogP contribution in [0.4, 0.5) is 17.6 Å². The molecule has 0 radical (unpaired) electrons. The van der Waals surface area contributed by atoms with Crippen molar-refractivity contribution in [3.8, 4) is 0 Å². The lowest BCUT2D eigenvalue weighted by Crippen LogP contribution is -2.38. The average molecular weight is 407 g/mol. The molecule has 162 valence electrons. The molecule has 0 bridgehead atoms. The zero-order valence-electron chi connectivity index (χ0n) is 16.9. The van der Waals surface area contributed by atoms with Crippen LogP contribution in [0.5, 0.6) is 0 Å². The van der Waals surface area contributed by atoms with Crippen LogP contribution in [0, 0.1) is 29.6 Å². The van der Waals surface area contributed by atoms with Gasteiger partial charge in [-0.15, -0.1) is 0 Å². The minimum absolute atomic E-state index is 0.163. The van der Waals surface area contributed by atoms with Crippen molar-refractivity contribution < 1.29 is 27.0 Å². The standard InChI is InChI=1S/C22H34F4O2/c1-2-3-15-4-6-16(7-5-15)17-8-10-18(11-9-17)19-13-27-21(28-14-19)20(23)12-22(24,25)26/h12,15-19,21H,2-11,13-14H2,1H3/b20-12-. The molecule has 0 unspecified atom stereocenters. The van der Waals surface area contributed by atoms with Gasteiger partial charge in [0, 0.05) is 5.92 Å². The number of hydrogen-bond acceptors (Lipinski definition) is 2. The van der Waals surface area contributed by atoms with Crippen molar-refractivity contribution in [2.24, 2.45) is 29.6 Å². The zero-order valence-corrected chi connectivity index (χ0v) is 16.9. The molecule has 0 N–H and O–H groups in total. The summed E-state index contributed by atoms with van der Waals surface area (Å²) in [5.41, 5.74) is 0. The molecule has 2 nitrogen and oxygen atoms in total. The molecule has 6 heteroatoms. The van der Waals surface area contributed by atoms with Crippen molar-refractivity contribution in [3.63, 3.8) is 0 Å². The van der Waals surface area contributed by atoms with Gasteiger partial charge in [-0.05, 0) is 62.2 Å². The van der Waals surface area contributed by atoms with Crippen molar-refractivity contribution in [3.05, 3.63) is 11.9 Å². The van der Waals surface area contributed by atoms with E-state index >= 15 is 0 Å². The Morgan fingerprint density at radius 2 is 1.29 bits per heavy atom. The Morgan fingerprint density at radius 3 is 1.75 bits per heavy atom. The minimum atomic E-state index is -4.69. The number of rotatable bonds is 5. The second-order valence-electron chi connectivity index (χ2n) is 9.07. The van der Waals surface area contributed by atoms with Crippen LogP contribution in [-0.4, -0.2) is 25.7 Å². The smallest absolute Gasteiger partial charge is 0.346 e. The number of allylic oxidation sites excluding steroid dienone is 1. The number of alkyl halides is 3. The van der Waals surface area contributed by atoms with E-state index in [4.69, 9.17) is 9.47 Å². The molecule has 0 spiro atoms. The molecule has 3 rings (SSSR count). The van der Waals surface area contributed by atoms with Crippen LogP contribution in [-0.2, 0) is 9.47 Å². The maximum Gasteiger partial charge on any atom is 0.412 e. The fourth-order valence-electron chi connectivity index (χ4n) is 5.62. The van der Waals surface area contributed by atoms with Crippen molar-refractivity contribution in [1.29, 1.82) is 0 Å². The van der Waals surface area contributed by atoms with Crippen molar-refractivity contribution in [2.75, 3.05) is 13.2 Å². The van der Waals surface area contributed by atoms with Crippen molar-refractivity contribution >= 4 is 0 Å². The molecule has 28 heavy (non-hydrogen) atoms. The first kappa shape index (κ1) is 22.1. The first-order chi connectivity index (χ1) is 13.4. The Labute approximate surface area is 166 Å². The lowest BCUT2D eigenvalue weighted by Gasteiger charge is -2.41. The molecule has 3 aliphatic rings. The summed E-state index contributed by atoms with van der Waals surface area (Å²) in [4.78, 5) is 0. The van der Waals surface area contributed by atoms with Crippen LogP contribution in [0.25, 0.3) is 0 Å². The Morgan fingerprint density at radius 1 is 0.821 bits per heavy atom. The van der Waals surface area contributed by atoms with Gasteiger partial charge in [0.05, 0.1) is 19.3 Å². The second-order valence-corrected chi connectivity index (χ2v) is 9.07. The third-order valence-electron chi connectivity index (χ3n) is 7.19. The van der Waals surface area contributed by atoms with Crippen LogP contribution in [0.15, 0.2) is 11.9 Å². The predicted molar refractivity (Wildman–Crippen MR) is 100 cm³/mol. The van der Waals surface area contributed by atoms with Crippen LogP contribution in [0.3, 0.4) is 0 Å². The summed E-state index contributed by atoms with van der Waals surface area (Å²) in [7, 11) is 0. The zero-order chi connectivity index (χ0) is 20.1. The fraction of sp³-hybridized carbons (Fsp3) is 0.909. The molecule has 1 saturated heterocycles. The van der Waals surface area contributed by atoms with Gasteiger partial charge < -0.3 is 9.47 Å². The normalized spacial score (nSPS) is 38.4. The predicted octanol–water partition coefficient (Wildman–Crippen LogP) is 6.80.